The van der Waals surface area contributed by atoms with Gasteiger partial charge in [0.15, 0.2) is 5.82 Å². The lowest BCUT2D eigenvalue weighted by molar-refractivity contribution is 0.0698. The van der Waals surface area contributed by atoms with Crippen molar-refractivity contribution < 1.29 is 9.90 Å². The summed E-state index contributed by atoms with van der Waals surface area (Å²) in [5, 5.41) is 12.1. The van der Waals surface area contributed by atoms with Gasteiger partial charge in [0, 0.05) is 12.4 Å². The third kappa shape index (κ3) is 2.79. The lowest BCUT2D eigenvalue weighted by atomic mass is 10.2. The molecule has 6 nitrogen and oxygen atoms in total. The van der Waals surface area contributed by atoms with E-state index in [0.717, 1.165) is 5.69 Å². The predicted molar refractivity (Wildman–Crippen MR) is 71.9 cm³/mol. The molecular formula is C13H14N4O2. The van der Waals surface area contributed by atoms with E-state index in [9.17, 15) is 4.79 Å². The number of hydrogen-bond donors (Lipinski definition) is 3. The smallest absolute Gasteiger partial charge is 0.337 e. The number of nitrogen functional groups attached to an aromatic ring is 1. The maximum absolute atomic E-state index is 11.0. The molecule has 1 unspecified atom stereocenters. The van der Waals surface area contributed by atoms with E-state index >= 15 is 0 Å². The Morgan fingerprint density at radius 2 is 2.11 bits per heavy atom. The van der Waals surface area contributed by atoms with Crippen LogP contribution in [0.5, 0.6) is 0 Å². The monoisotopic (exact) mass is 258 g/mol. The Morgan fingerprint density at radius 3 is 2.74 bits per heavy atom. The third-order valence-corrected chi connectivity index (χ3v) is 2.71. The minimum absolute atomic E-state index is 0.0331. The molecule has 0 spiro atoms. The Balaban J connectivity index is 2.25. The van der Waals surface area contributed by atoms with Crippen molar-refractivity contribution >= 4 is 17.5 Å². The molecule has 1 atom stereocenters. The molecule has 0 aliphatic heterocycles. The average Bonchev–Trinajstić information content (AvgIpc) is 2.41. The van der Waals surface area contributed by atoms with Crippen LogP contribution in [0.2, 0.25) is 0 Å². The number of aromatic nitrogens is 2. The summed E-state index contributed by atoms with van der Waals surface area (Å²) in [4.78, 5) is 19.3. The molecule has 2 heterocycles. The van der Waals surface area contributed by atoms with Gasteiger partial charge in [-0.15, -0.1) is 0 Å². The van der Waals surface area contributed by atoms with Gasteiger partial charge in [-0.05, 0) is 25.1 Å². The molecule has 19 heavy (non-hydrogen) atoms. The van der Waals surface area contributed by atoms with Crippen molar-refractivity contribution in [1.82, 2.24) is 9.97 Å². The van der Waals surface area contributed by atoms with Crippen molar-refractivity contribution in [3.63, 3.8) is 0 Å². The molecule has 0 aliphatic rings. The van der Waals surface area contributed by atoms with Crippen molar-refractivity contribution in [3.8, 4) is 0 Å². The summed E-state index contributed by atoms with van der Waals surface area (Å²) < 4.78 is 0. The van der Waals surface area contributed by atoms with Gasteiger partial charge < -0.3 is 16.2 Å². The van der Waals surface area contributed by atoms with Crippen molar-refractivity contribution in [3.05, 3.63) is 47.9 Å². The van der Waals surface area contributed by atoms with E-state index in [1.54, 1.807) is 6.20 Å². The van der Waals surface area contributed by atoms with Gasteiger partial charge >= 0.3 is 5.97 Å². The second kappa shape index (κ2) is 5.34. The van der Waals surface area contributed by atoms with Crippen LogP contribution in [0.25, 0.3) is 0 Å². The van der Waals surface area contributed by atoms with Gasteiger partial charge in [0.1, 0.15) is 0 Å². The fraction of sp³-hybridized carbons (Fsp3) is 0.154. The molecule has 0 fully saturated rings. The van der Waals surface area contributed by atoms with Crippen LogP contribution < -0.4 is 11.1 Å². The summed E-state index contributed by atoms with van der Waals surface area (Å²) in [7, 11) is 0. The second-order valence-corrected chi connectivity index (χ2v) is 4.05. The van der Waals surface area contributed by atoms with Crippen LogP contribution >= 0.6 is 0 Å². The van der Waals surface area contributed by atoms with Crippen LogP contribution in [-0.4, -0.2) is 21.0 Å². The topological polar surface area (TPSA) is 101 Å². The van der Waals surface area contributed by atoms with Gasteiger partial charge in [-0.2, -0.15) is 0 Å². The zero-order chi connectivity index (χ0) is 13.8. The van der Waals surface area contributed by atoms with E-state index in [1.807, 2.05) is 25.1 Å². The molecule has 4 N–H and O–H groups in total. The van der Waals surface area contributed by atoms with Crippen molar-refractivity contribution in [2.24, 2.45) is 0 Å². The van der Waals surface area contributed by atoms with E-state index in [2.05, 4.69) is 15.3 Å². The highest BCUT2D eigenvalue weighted by Crippen LogP contribution is 2.23. The van der Waals surface area contributed by atoms with Crippen molar-refractivity contribution in [1.29, 1.82) is 0 Å². The summed E-state index contributed by atoms with van der Waals surface area (Å²) >= 11 is 0. The molecular weight excluding hydrogens is 244 g/mol. The minimum Gasteiger partial charge on any atom is -0.478 e. The van der Waals surface area contributed by atoms with Crippen LogP contribution in [-0.2, 0) is 0 Å². The van der Waals surface area contributed by atoms with Gasteiger partial charge in [-0.3, -0.25) is 4.98 Å². The number of carboxylic acid groups (broad SMARTS) is 1. The van der Waals surface area contributed by atoms with E-state index in [4.69, 9.17) is 10.8 Å². The van der Waals surface area contributed by atoms with Crippen molar-refractivity contribution in [2.75, 3.05) is 11.1 Å². The molecule has 0 amide bonds. The molecule has 6 heteroatoms. The molecule has 2 aromatic heterocycles. The highest BCUT2D eigenvalue weighted by Gasteiger charge is 2.14. The standard InChI is InChI=1S/C13H14N4O2/c1-8(10-4-2-3-6-15-10)17-12-11(14)9(13(18)19)5-7-16-12/h2-8H,14H2,1H3,(H,16,17)(H,18,19). The van der Waals surface area contributed by atoms with Gasteiger partial charge in [0.05, 0.1) is 23.0 Å². The maximum Gasteiger partial charge on any atom is 0.337 e. The first-order valence-electron chi connectivity index (χ1n) is 5.75. The highest BCUT2D eigenvalue weighted by molar-refractivity contribution is 5.96. The Hall–Kier alpha value is -2.63. The number of nitrogens with one attached hydrogen (secondary N) is 1. The number of hydrogen-bond acceptors (Lipinski definition) is 5. The summed E-state index contributed by atoms with van der Waals surface area (Å²) in [5.41, 5.74) is 6.76. The molecule has 2 aromatic rings. The Bertz CT molecular complexity index is 586. The van der Waals surface area contributed by atoms with Gasteiger partial charge in [-0.25, -0.2) is 9.78 Å². The number of rotatable bonds is 4. The molecule has 0 aliphatic carbocycles. The molecule has 0 aromatic carbocycles. The Labute approximate surface area is 110 Å². The van der Waals surface area contributed by atoms with Crippen LogP contribution in [0, 0.1) is 0 Å². The summed E-state index contributed by atoms with van der Waals surface area (Å²) in [6, 6.07) is 6.82. The number of nitrogens with two attached hydrogens (primary N) is 1. The third-order valence-electron chi connectivity index (χ3n) is 2.71. The number of nitrogens with zero attached hydrogens (tertiary/aromatic N) is 2. The minimum atomic E-state index is -1.08. The fourth-order valence-electron chi connectivity index (χ4n) is 1.69. The zero-order valence-corrected chi connectivity index (χ0v) is 10.4. The van der Waals surface area contributed by atoms with Gasteiger partial charge in [0.2, 0.25) is 0 Å². The molecule has 2 rings (SSSR count). The Kier molecular flexibility index (Phi) is 3.61. The average molecular weight is 258 g/mol. The fourth-order valence-corrected chi connectivity index (χ4v) is 1.69. The van der Waals surface area contributed by atoms with Gasteiger partial charge in [0.25, 0.3) is 0 Å². The summed E-state index contributed by atoms with van der Waals surface area (Å²) in [6.45, 7) is 1.90. The number of carbonyl (C=O) groups is 1. The quantitative estimate of drug-likeness (QED) is 0.774. The Morgan fingerprint density at radius 1 is 1.32 bits per heavy atom. The number of aromatic carboxylic acids is 1. The van der Waals surface area contributed by atoms with Crippen LogP contribution in [0.1, 0.15) is 29.0 Å². The molecule has 0 saturated heterocycles. The first-order chi connectivity index (χ1) is 9.09. The lowest BCUT2D eigenvalue weighted by Crippen LogP contribution is -2.13. The highest BCUT2D eigenvalue weighted by atomic mass is 16.4. The molecule has 0 bridgehead atoms. The number of anilines is 2. The predicted octanol–water partition coefficient (Wildman–Crippen LogP) is 1.93. The summed E-state index contributed by atoms with van der Waals surface area (Å²) in [5.74, 6) is -0.730. The van der Waals surface area contributed by atoms with Gasteiger partial charge in [-0.1, -0.05) is 6.07 Å². The maximum atomic E-state index is 11.0. The lowest BCUT2D eigenvalue weighted by Gasteiger charge is -2.16. The molecule has 98 valence electrons. The van der Waals surface area contributed by atoms with E-state index in [-0.39, 0.29) is 17.3 Å². The molecule has 0 saturated carbocycles. The second-order valence-electron chi connectivity index (χ2n) is 4.05. The van der Waals surface area contributed by atoms with Crippen LogP contribution in [0.15, 0.2) is 36.7 Å². The normalized spacial score (nSPS) is 11.8. The number of carboxylic acids is 1. The van der Waals surface area contributed by atoms with E-state index in [1.165, 1.54) is 12.3 Å². The largest absolute Gasteiger partial charge is 0.478 e. The van der Waals surface area contributed by atoms with E-state index < -0.39 is 5.97 Å². The first-order valence-corrected chi connectivity index (χ1v) is 5.75. The van der Waals surface area contributed by atoms with Crippen molar-refractivity contribution in [2.45, 2.75) is 13.0 Å². The first kappa shape index (κ1) is 12.8. The SMILES string of the molecule is CC(Nc1nccc(C(=O)O)c1N)c1ccccn1. The van der Waals surface area contributed by atoms with Crippen LogP contribution in [0.4, 0.5) is 11.5 Å². The molecule has 0 radical (unpaired) electrons. The zero-order valence-electron chi connectivity index (χ0n) is 10.4. The summed E-state index contributed by atoms with van der Waals surface area (Å²) in [6.07, 6.45) is 3.10. The number of pyridine rings is 2. The van der Waals surface area contributed by atoms with Crippen LogP contribution in [0.3, 0.4) is 0 Å². The van der Waals surface area contributed by atoms with E-state index in [0.29, 0.717) is 5.82 Å².